The molecule has 2 atom stereocenters. The molecule has 0 saturated carbocycles. The van der Waals surface area contributed by atoms with E-state index < -0.39 is 0 Å². The van der Waals surface area contributed by atoms with Gasteiger partial charge in [-0.2, -0.15) is 0 Å². The van der Waals surface area contributed by atoms with E-state index >= 15 is 0 Å². The molecule has 16 heavy (non-hydrogen) atoms. The van der Waals surface area contributed by atoms with Crippen LogP contribution in [0.3, 0.4) is 0 Å². The van der Waals surface area contributed by atoms with E-state index in [0.717, 1.165) is 17.9 Å². The molecule has 5 heteroatoms. The zero-order valence-corrected chi connectivity index (χ0v) is 11.2. The van der Waals surface area contributed by atoms with Crippen molar-refractivity contribution in [1.82, 2.24) is 0 Å². The molecule has 2 rings (SSSR count). The molecule has 2 nitrogen and oxygen atoms in total. The first-order chi connectivity index (χ1) is 7.58. The molecule has 1 heterocycles. The van der Waals surface area contributed by atoms with Gasteiger partial charge in [-0.3, -0.25) is 0 Å². The zero-order chi connectivity index (χ0) is 11.7. The summed E-state index contributed by atoms with van der Waals surface area (Å²) < 4.78 is 5.51. The average Bonchev–Trinajstić information content (AvgIpc) is 2.57. The van der Waals surface area contributed by atoms with E-state index in [1.54, 1.807) is 23.9 Å². The summed E-state index contributed by atoms with van der Waals surface area (Å²) in [5.41, 5.74) is 6.25. The van der Waals surface area contributed by atoms with E-state index in [2.05, 4.69) is 6.92 Å². The smallest absolute Gasteiger partial charge is 0.0669 e. The third-order valence-corrected chi connectivity index (χ3v) is 5.01. The fourth-order valence-corrected chi connectivity index (χ4v) is 3.61. The third kappa shape index (κ3) is 2.59. The van der Waals surface area contributed by atoms with Crippen molar-refractivity contribution in [2.45, 2.75) is 29.6 Å². The molecule has 1 aromatic rings. The highest BCUT2D eigenvalue weighted by molar-refractivity contribution is 8.00. The molecule has 2 unspecified atom stereocenters. The molecule has 0 spiro atoms. The predicted molar refractivity (Wildman–Crippen MR) is 70.6 cm³/mol. The lowest BCUT2D eigenvalue weighted by molar-refractivity contribution is 0.127. The van der Waals surface area contributed by atoms with Crippen LogP contribution in [-0.2, 0) is 4.74 Å². The van der Waals surface area contributed by atoms with Gasteiger partial charge >= 0.3 is 0 Å². The van der Waals surface area contributed by atoms with Crippen LogP contribution in [0.4, 0.5) is 5.69 Å². The lowest BCUT2D eigenvalue weighted by Crippen LogP contribution is -2.13. The Morgan fingerprint density at radius 2 is 2.00 bits per heavy atom. The van der Waals surface area contributed by atoms with E-state index in [-0.39, 0.29) is 6.10 Å². The van der Waals surface area contributed by atoms with E-state index in [9.17, 15) is 0 Å². The molecule has 1 aliphatic rings. The molecule has 1 saturated heterocycles. The molecule has 1 aliphatic heterocycles. The number of nitrogen functional groups attached to an aromatic ring is 1. The van der Waals surface area contributed by atoms with Crippen LogP contribution in [0.1, 0.15) is 13.3 Å². The van der Waals surface area contributed by atoms with Crippen molar-refractivity contribution in [2.24, 2.45) is 0 Å². The number of halogens is 2. The highest BCUT2D eigenvalue weighted by Gasteiger charge is 2.26. The minimum atomic E-state index is 0.245. The second-order valence-electron chi connectivity index (χ2n) is 3.83. The zero-order valence-electron chi connectivity index (χ0n) is 8.87. The van der Waals surface area contributed by atoms with Crippen LogP contribution in [-0.4, -0.2) is 18.0 Å². The first-order valence-electron chi connectivity index (χ1n) is 5.10. The first-order valence-corrected chi connectivity index (χ1v) is 6.74. The monoisotopic (exact) mass is 277 g/mol. The van der Waals surface area contributed by atoms with Crippen LogP contribution in [0.2, 0.25) is 10.0 Å². The van der Waals surface area contributed by atoms with Gasteiger partial charge < -0.3 is 10.5 Å². The van der Waals surface area contributed by atoms with Gasteiger partial charge in [0.25, 0.3) is 0 Å². The molecule has 0 bridgehead atoms. The van der Waals surface area contributed by atoms with Crippen LogP contribution in [0.5, 0.6) is 0 Å². The van der Waals surface area contributed by atoms with Crippen LogP contribution in [0.15, 0.2) is 17.0 Å². The van der Waals surface area contributed by atoms with Crippen LogP contribution in [0, 0.1) is 0 Å². The molecule has 1 aromatic carbocycles. The van der Waals surface area contributed by atoms with Crippen molar-refractivity contribution in [3.8, 4) is 0 Å². The van der Waals surface area contributed by atoms with Gasteiger partial charge in [-0.25, -0.2) is 0 Å². The summed E-state index contributed by atoms with van der Waals surface area (Å²) in [7, 11) is 0. The number of hydrogen-bond donors (Lipinski definition) is 1. The minimum absolute atomic E-state index is 0.245. The number of ether oxygens (including phenoxy) is 1. The molecule has 1 fully saturated rings. The fraction of sp³-hybridized carbons (Fsp3) is 0.455. The Hall–Kier alpha value is -0.0900. The predicted octanol–water partition coefficient (Wildman–Crippen LogP) is 3.85. The van der Waals surface area contributed by atoms with Crippen molar-refractivity contribution in [1.29, 1.82) is 0 Å². The summed E-state index contributed by atoms with van der Waals surface area (Å²) in [4.78, 5) is 0.903. The van der Waals surface area contributed by atoms with Crippen LogP contribution >= 0.6 is 35.0 Å². The number of hydrogen-bond acceptors (Lipinski definition) is 3. The van der Waals surface area contributed by atoms with Gasteiger partial charge in [0, 0.05) is 22.4 Å². The van der Waals surface area contributed by atoms with Crippen LogP contribution < -0.4 is 5.73 Å². The van der Waals surface area contributed by atoms with Crippen LogP contribution in [0.25, 0.3) is 0 Å². The second kappa shape index (κ2) is 5.05. The average molecular weight is 278 g/mol. The summed E-state index contributed by atoms with van der Waals surface area (Å²) >= 11 is 13.9. The van der Waals surface area contributed by atoms with Gasteiger partial charge in [0.05, 0.1) is 16.1 Å². The Balaban J connectivity index is 2.21. The van der Waals surface area contributed by atoms with Gasteiger partial charge in [-0.05, 0) is 25.5 Å². The number of anilines is 1. The van der Waals surface area contributed by atoms with E-state index in [1.165, 1.54) is 0 Å². The van der Waals surface area contributed by atoms with E-state index in [4.69, 9.17) is 33.7 Å². The Kier molecular flexibility index (Phi) is 3.90. The summed E-state index contributed by atoms with van der Waals surface area (Å²) in [6.07, 6.45) is 1.28. The quantitative estimate of drug-likeness (QED) is 0.835. The van der Waals surface area contributed by atoms with Gasteiger partial charge in [-0.1, -0.05) is 23.2 Å². The largest absolute Gasteiger partial charge is 0.399 e. The molecular weight excluding hydrogens is 265 g/mol. The summed E-state index contributed by atoms with van der Waals surface area (Å²) in [6.45, 7) is 2.88. The highest BCUT2D eigenvalue weighted by atomic mass is 35.5. The standard InChI is InChI=1S/C11H13Cl2NOS/c1-6-10(2-3-15-6)16-11-8(12)4-7(14)5-9(11)13/h4-6,10H,2-3,14H2,1H3. The van der Waals surface area contributed by atoms with Gasteiger partial charge in [-0.15, -0.1) is 11.8 Å². The Morgan fingerprint density at radius 1 is 1.38 bits per heavy atom. The molecule has 0 radical (unpaired) electrons. The van der Waals surface area contributed by atoms with Crippen molar-refractivity contribution in [3.63, 3.8) is 0 Å². The minimum Gasteiger partial charge on any atom is -0.399 e. The maximum Gasteiger partial charge on any atom is 0.0669 e. The maximum absolute atomic E-state index is 6.13. The molecule has 88 valence electrons. The number of nitrogens with two attached hydrogens (primary N) is 1. The lowest BCUT2D eigenvalue weighted by atomic mass is 10.3. The number of benzene rings is 1. The fourth-order valence-electron chi connectivity index (χ4n) is 1.71. The van der Waals surface area contributed by atoms with Crippen molar-refractivity contribution >= 4 is 40.7 Å². The van der Waals surface area contributed by atoms with Gasteiger partial charge in [0.2, 0.25) is 0 Å². The summed E-state index contributed by atoms with van der Waals surface area (Å²) in [5, 5.41) is 1.65. The summed E-state index contributed by atoms with van der Waals surface area (Å²) in [6, 6.07) is 3.46. The SMILES string of the molecule is CC1OCCC1Sc1c(Cl)cc(N)cc1Cl. The Morgan fingerprint density at radius 3 is 2.50 bits per heavy atom. The van der Waals surface area contributed by atoms with Crippen molar-refractivity contribution in [3.05, 3.63) is 22.2 Å². The van der Waals surface area contributed by atoms with Crippen molar-refractivity contribution in [2.75, 3.05) is 12.3 Å². The molecule has 0 amide bonds. The third-order valence-electron chi connectivity index (χ3n) is 2.60. The first kappa shape index (κ1) is 12.4. The van der Waals surface area contributed by atoms with Gasteiger partial charge in [0.15, 0.2) is 0 Å². The highest BCUT2D eigenvalue weighted by Crippen LogP contribution is 2.41. The number of rotatable bonds is 2. The Labute approximate surface area is 109 Å². The molecular formula is C11H13Cl2NOS. The topological polar surface area (TPSA) is 35.2 Å². The van der Waals surface area contributed by atoms with E-state index in [0.29, 0.717) is 21.0 Å². The normalized spacial score (nSPS) is 24.9. The molecule has 2 N–H and O–H groups in total. The Bertz CT molecular complexity index is 377. The second-order valence-corrected chi connectivity index (χ2v) is 5.90. The maximum atomic E-state index is 6.13. The van der Waals surface area contributed by atoms with Crippen molar-refractivity contribution < 1.29 is 4.74 Å². The number of thioether (sulfide) groups is 1. The summed E-state index contributed by atoms with van der Waals surface area (Å²) in [5.74, 6) is 0. The molecule has 0 aromatic heterocycles. The molecule has 0 aliphatic carbocycles. The van der Waals surface area contributed by atoms with E-state index in [1.807, 2.05) is 0 Å². The lowest BCUT2D eigenvalue weighted by Gasteiger charge is -2.15. The van der Waals surface area contributed by atoms with Gasteiger partial charge in [0.1, 0.15) is 0 Å².